The van der Waals surface area contributed by atoms with Crippen LogP contribution in [-0.2, 0) is 10.8 Å². The van der Waals surface area contributed by atoms with E-state index >= 15 is 0 Å². The molecule has 0 atom stereocenters. The maximum Gasteiger partial charge on any atom is 0.0465 e. The lowest BCUT2D eigenvalue weighted by molar-refractivity contribution is 0.660. The lowest BCUT2D eigenvalue weighted by Crippen LogP contribution is -2.18. The largest absolute Gasteiger partial charge is 0.310 e. The Hall–Kier alpha value is -7.52. The summed E-state index contributed by atoms with van der Waals surface area (Å²) in [6.45, 7) is 9.59. The molecule has 0 fully saturated rings. The van der Waals surface area contributed by atoms with Crippen LogP contribution in [0.3, 0.4) is 0 Å². The summed E-state index contributed by atoms with van der Waals surface area (Å²) < 4.78 is 2.66. The van der Waals surface area contributed by atoms with Crippen molar-refractivity contribution in [1.29, 1.82) is 0 Å². The van der Waals surface area contributed by atoms with Crippen molar-refractivity contribution in [1.82, 2.24) is 0 Å². The van der Waals surface area contributed by atoms with Gasteiger partial charge in [-0.05, 0) is 161 Å². The van der Waals surface area contributed by atoms with E-state index < -0.39 is 0 Å². The summed E-state index contributed by atoms with van der Waals surface area (Å²) in [5, 5.41) is 5.18. The second kappa shape index (κ2) is 14.5. The number of rotatable bonds is 6. The monoisotopic (exact) mass is 861 g/mol. The van der Waals surface area contributed by atoms with Crippen molar-refractivity contribution in [3.05, 3.63) is 235 Å². The Morgan fingerprint density at radius 2 is 0.742 bits per heavy atom. The Morgan fingerprint density at radius 3 is 1.41 bits per heavy atom. The van der Waals surface area contributed by atoms with E-state index in [0.717, 1.165) is 17.1 Å². The average Bonchev–Trinajstić information content (AvgIpc) is 3.92. The third-order valence-electron chi connectivity index (χ3n) is 14.9. The van der Waals surface area contributed by atoms with Crippen LogP contribution in [0.25, 0.3) is 86.6 Å². The smallest absolute Gasteiger partial charge is 0.0465 e. The van der Waals surface area contributed by atoms with E-state index in [2.05, 4.69) is 245 Å². The molecule has 1 heterocycles. The van der Waals surface area contributed by atoms with Crippen molar-refractivity contribution >= 4 is 59.3 Å². The van der Waals surface area contributed by atoms with Crippen LogP contribution in [0.15, 0.2) is 212 Å². The molecule has 0 amide bonds. The first kappa shape index (κ1) is 38.9. The highest BCUT2D eigenvalue weighted by Gasteiger charge is 2.38. The molecule has 1 nitrogen and oxygen atoms in total. The Morgan fingerprint density at radius 1 is 0.303 bits per heavy atom. The fraction of sp³-hybridized carbons (Fsp3) is 0.0938. The highest BCUT2D eigenvalue weighted by molar-refractivity contribution is 7.25. The van der Waals surface area contributed by atoms with Crippen molar-refractivity contribution in [2.45, 2.75) is 38.5 Å². The molecule has 0 radical (unpaired) electrons. The summed E-state index contributed by atoms with van der Waals surface area (Å²) in [5.74, 6) is 0. The second-order valence-corrected chi connectivity index (χ2v) is 20.4. The third kappa shape index (κ3) is 5.98. The molecule has 2 aliphatic carbocycles. The van der Waals surface area contributed by atoms with Crippen LogP contribution < -0.4 is 4.90 Å². The molecule has 0 unspecified atom stereocenters. The summed E-state index contributed by atoms with van der Waals surface area (Å²) in [6, 6.07) is 79.6. The van der Waals surface area contributed by atoms with Crippen LogP contribution >= 0.6 is 11.3 Å². The molecule has 0 bridgehead atoms. The zero-order chi connectivity index (χ0) is 44.3. The highest BCUT2D eigenvalue weighted by atomic mass is 32.1. The quantitative estimate of drug-likeness (QED) is 0.161. The maximum absolute atomic E-state index is 2.48. The van der Waals surface area contributed by atoms with Gasteiger partial charge >= 0.3 is 0 Å². The Labute approximate surface area is 390 Å². The molecule has 13 rings (SSSR count). The molecule has 10 aromatic carbocycles. The van der Waals surface area contributed by atoms with Crippen LogP contribution in [0, 0.1) is 0 Å². The van der Waals surface area contributed by atoms with Gasteiger partial charge in [0.25, 0.3) is 0 Å². The first-order chi connectivity index (χ1) is 32.2. The van der Waals surface area contributed by atoms with Gasteiger partial charge in [0.05, 0.1) is 0 Å². The Kier molecular flexibility index (Phi) is 8.54. The van der Waals surface area contributed by atoms with Gasteiger partial charge in [-0.1, -0.05) is 167 Å². The zero-order valence-corrected chi connectivity index (χ0v) is 38.4. The summed E-state index contributed by atoms with van der Waals surface area (Å²) in [5.41, 5.74) is 21.3. The van der Waals surface area contributed by atoms with Crippen molar-refractivity contribution in [2.24, 2.45) is 0 Å². The number of anilines is 3. The molecule has 0 spiro atoms. The van der Waals surface area contributed by atoms with Crippen molar-refractivity contribution in [3.63, 3.8) is 0 Å². The fourth-order valence-corrected chi connectivity index (χ4v) is 12.3. The van der Waals surface area contributed by atoms with E-state index in [-0.39, 0.29) is 10.8 Å². The van der Waals surface area contributed by atoms with Gasteiger partial charge in [0.2, 0.25) is 0 Å². The molecular weight excluding hydrogens is 815 g/mol. The number of benzene rings is 10. The molecule has 314 valence electrons. The second-order valence-electron chi connectivity index (χ2n) is 19.3. The standard InChI is InChI=1S/C64H47NS/c1-63(2)57-36-46(40-12-6-5-7-13-40)22-29-51(57)53-31-27-49(38-59(53)63)65(48-25-20-42(21-26-48)45-24-33-62-56(35-45)55-16-10-11-17-61(55)66-62)50-28-32-54-52-30-23-47(37-58(52)64(3,4)60(54)39-50)44-19-18-41-14-8-9-15-43(41)34-44/h5-39H,1-4H3. The van der Waals surface area contributed by atoms with E-state index in [4.69, 9.17) is 0 Å². The van der Waals surface area contributed by atoms with Crippen molar-refractivity contribution in [2.75, 3.05) is 4.90 Å². The van der Waals surface area contributed by atoms with Gasteiger partial charge in [0, 0.05) is 48.1 Å². The molecule has 2 aliphatic rings. The number of fused-ring (bicyclic) bond motifs is 10. The maximum atomic E-state index is 2.48. The fourth-order valence-electron chi connectivity index (χ4n) is 11.2. The van der Waals surface area contributed by atoms with Gasteiger partial charge in [0.1, 0.15) is 0 Å². The van der Waals surface area contributed by atoms with E-state index in [0.29, 0.717) is 0 Å². The highest BCUT2D eigenvalue weighted by Crippen LogP contribution is 2.54. The number of hydrogen-bond acceptors (Lipinski definition) is 2. The Bertz CT molecular complexity index is 3760. The SMILES string of the molecule is CC1(C)c2cc(-c3ccccc3)ccc2-c2ccc(N(c3ccc(-c4ccc5sc6ccccc6c5c4)cc3)c3ccc4c(c3)C(C)(C)c3cc(-c5ccc6ccccc6c5)ccc3-4)cc21. The predicted molar refractivity (Wildman–Crippen MR) is 283 cm³/mol. The van der Waals surface area contributed by atoms with Gasteiger partial charge in [0.15, 0.2) is 0 Å². The van der Waals surface area contributed by atoms with Gasteiger partial charge < -0.3 is 4.90 Å². The summed E-state index contributed by atoms with van der Waals surface area (Å²) >= 11 is 1.87. The molecule has 0 N–H and O–H groups in total. The average molecular weight is 862 g/mol. The predicted octanol–water partition coefficient (Wildman–Crippen LogP) is 18.3. The van der Waals surface area contributed by atoms with Crippen molar-refractivity contribution < 1.29 is 0 Å². The molecule has 1 aromatic heterocycles. The van der Waals surface area contributed by atoms with Crippen LogP contribution in [0.2, 0.25) is 0 Å². The Balaban J connectivity index is 0.919. The normalized spacial score (nSPS) is 14.0. The minimum absolute atomic E-state index is 0.185. The van der Waals surface area contributed by atoms with Gasteiger partial charge in [-0.25, -0.2) is 0 Å². The first-order valence-corrected chi connectivity index (χ1v) is 24.0. The zero-order valence-electron chi connectivity index (χ0n) is 37.6. The lowest BCUT2D eigenvalue weighted by Gasteiger charge is -2.30. The third-order valence-corrected chi connectivity index (χ3v) is 16.0. The summed E-state index contributed by atoms with van der Waals surface area (Å²) in [7, 11) is 0. The van der Waals surface area contributed by atoms with Crippen LogP contribution in [0.1, 0.15) is 49.9 Å². The molecular formula is C64H47NS. The number of hydrogen-bond donors (Lipinski definition) is 0. The van der Waals surface area contributed by atoms with Gasteiger partial charge in [-0.15, -0.1) is 11.3 Å². The van der Waals surface area contributed by atoms with E-state index in [1.165, 1.54) is 109 Å². The number of nitrogens with zero attached hydrogens (tertiary/aromatic N) is 1. The minimum atomic E-state index is -0.203. The summed E-state index contributed by atoms with van der Waals surface area (Å²) in [6.07, 6.45) is 0. The van der Waals surface area contributed by atoms with Crippen molar-refractivity contribution in [3.8, 4) is 55.6 Å². The van der Waals surface area contributed by atoms with Gasteiger partial charge in [-0.3, -0.25) is 0 Å². The van der Waals surface area contributed by atoms with Crippen LogP contribution in [-0.4, -0.2) is 0 Å². The lowest BCUT2D eigenvalue weighted by atomic mass is 9.81. The van der Waals surface area contributed by atoms with Gasteiger partial charge in [-0.2, -0.15) is 0 Å². The molecule has 0 saturated carbocycles. The molecule has 66 heavy (non-hydrogen) atoms. The van der Waals surface area contributed by atoms with E-state index in [1.807, 2.05) is 11.3 Å². The van der Waals surface area contributed by atoms with E-state index in [9.17, 15) is 0 Å². The molecule has 0 aliphatic heterocycles. The van der Waals surface area contributed by atoms with E-state index in [1.54, 1.807) is 0 Å². The number of thiophene rings is 1. The van der Waals surface area contributed by atoms with Crippen LogP contribution in [0.5, 0.6) is 0 Å². The van der Waals surface area contributed by atoms with Crippen LogP contribution in [0.4, 0.5) is 17.1 Å². The summed E-state index contributed by atoms with van der Waals surface area (Å²) in [4.78, 5) is 2.48. The first-order valence-electron chi connectivity index (χ1n) is 23.1. The minimum Gasteiger partial charge on any atom is -0.310 e. The molecule has 2 heteroatoms. The topological polar surface area (TPSA) is 3.24 Å². The molecule has 0 saturated heterocycles. The molecule has 11 aromatic rings.